The summed E-state index contributed by atoms with van der Waals surface area (Å²) >= 11 is 0. The van der Waals surface area contributed by atoms with Gasteiger partial charge in [0.25, 0.3) is 0 Å². The van der Waals surface area contributed by atoms with Crippen molar-refractivity contribution in [3.05, 3.63) is 23.2 Å². The molecule has 1 aliphatic rings. The molecule has 0 spiro atoms. The molecule has 0 aromatic carbocycles. The summed E-state index contributed by atoms with van der Waals surface area (Å²) in [5.41, 5.74) is 1.31. The lowest BCUT2D eigenvalue weighted by atomic mass is 9.94. The molecular formula is C17H30N2O2. The highest BCUT2D eigenvalue weighted by Gasteiger charge is 2.31. The van der Waals surface area contributed by atoms with Gasteiger partial charge in [-0.05, 0) is 52.3 Å². The molecule has 1 aliphatic heterocycles. The molecule has 21 heavy (non-hydrogen) atoms. The highest BCUT2D eigenvalue weighted by atomic mass is 16.5. The molecule has 120 valence electrons. The summed E-state index contributed by atoms with van der Waals surface area (Å²) in [6.45, 7) is 11.4. The van der Waals surface area contributed by atoms with E-state index >= 15 is 0 Å². The zero-order valence-electron chi connectivity index (χ0n) is 14.0. The van der Waals surface area contributed by atoms with Gasteiger partial charge in [-0.3, -0.25) is 4.90 Å². The van der Waals surface area contributed by atoms with Crippen molar-refractivity contribution in [3.63, 3.8) is 0 Å². The predicted molar refractivity (Wildman–Crippen MR) is 85.4 cm³/mol. The van der Waals surface area contributed by atoms with Crippen LogP contribution >= 0.6 is 0 Å². The van der Waals surface area contributed by atoms with Gasteiger partial charge in [-0.1, -0.05) is 6.92 Å². The lowest BCUT2D eigenvalue weighted by molar-refractivity contribution is -0.0527. The lowest BCUT2D eigenvalue weighted by Gasteiger charge is -2.39. The van der Waals surface area contributed by atoms with E-state index in [-0.39, 0.29) is 5.60 Å². The van der Waals surface area contributed by atoms with Crippen LogP contribution in [0.25, 0.3) is 0 Å². The second kappa shape index (κ2) is 7.43. The molecule has 0 saturated carbocycles. The minimum absolute atomic E-state index is 0.00139. The molecule has 1 atom stereocenters. The number of methoxy groups -OCH3 is 1. The number of piperidine rings is 1. The van der Waals surface area contributed by atoms with Crippen LogP contribution in [0.4, 0.5) is 0 Å². The zero-order valence-corrected chi connectivity index (χ0v) is 14.0. The van der Waals surface area contributed by atoms with Crippen molar-refractivity contribution in [1.29, 1.82) is 0 Å². The van der Waals surface area contributed by atoms with Gasteiger partial charge in [0.05, 0.1) is 12.1 Å². The van der Waals surface area contributed by atoms with Crippen molar-refractivity contribution >= 4 is 0 Å². The fraction of sp³-hybridized carbons (Fsp3) is 0.765. The Balaban J connectivity index is 1.93. The number of ether oxygens (including phenoxy) is 1. The first-order valence-corrected chi connectivity index (χ1v) is 8.13. The van der Waals surface area contributed by atoms with E-state index in [4.69, 9.17) is 9.15 Å². The summed E-state index contributed by atoms with van der Waals surface area (Å²) in [5, 5.41) is 3.39. The molecule has 1 unspecified atom stereocenters. The molecule has 0 bridgehead atoms. The SMILES string of the molecule is CCCNCc1cc(CN2CCCC(C)(OC)C2)c(C)o1. The van der Waals surface area contributed by atoms with Crippen molar-refractivity contribution in [2.75, 3.05) is 26.7 Å². The number of hydrogen-bond acceptors (Lipinski definition) is 4. The first kappa shape index (κ1) is 16.5. The number of nitrogens with one attached hydrogen (secondary N) is 1. The molecule has 4 nitrogen and oxygen atoms in total. The van der Waals surface area contributed by atoms with Gasteiger partial charge >= 0.3 is 0 Å². The summed E-state index contributed by atoms with van der Waals surface area (Å²) in [5.74, 6) is 2.09. The molecule has 2 rings (SSSR count). The van der Waals surface area contributed by atoms with Gasteiger partial charge in [0, 0.05) is 25.8 Å². The number of likely N-dealkylation sites (tertiary alicyclic amines) is 1. The number of hydrogen-bond donors (Lipinski definition) is 1. The summed E-state index contributed by atoms with van der Waals surface area (Å²) in [7, 11) is 1.82. The largest absolute Gasteiger partial charge is 0.465 e. The summed E-state index contributed by atoms with van der Waals surface area (Å²) in [4.78, 5) is 2.48. The highest BCUT2D eigenvalue weighted by Crippen LogP contribution is 2.26. The quantitative estimate of drug-likeness (QED) is 0.784. The standard InChI is InChI=1S/C17H30N2O2/c1-5-8-18-11-16-10-15(14(2)21-16)12-19-9-6-7-17(3,13-19)20-4/h10,18H,5-9,11-13H2,1-4H3. The molecule has 2 heterocycles. The van der Waals surface area contributed by atoms with Crippen LogP contribution in [0.3, 0.4) is 0 Å². The van der Waals surface area contributed by atoms with E-state index in [1.54, 1.807) is 0 Å². The van der Waals surface area contributed by atoms with E-state index in [0.717, 1.165) is 57.1 Å². The van der Waals surface area contributed by atoms with Crippen LogP contribution in [-0.2, 0) is 17.8 Å². The minimum atomic E-state index is 0.00139. The van der Waals surface area contributed by atoms with E-state index in [9.17, 15) is 0 Å². The van der Waals surface area contributed by atoms with Crippen LogP contribution in [0.5, 0.6) is 0 Å². The van der Waals surface area contributed by atoms with Gasteiger partial charge in [0.15, 0.2) is 0 Å². The van der Waals surface area contributed by atoms with Crippen molar-refractivity contribution in [2.45, 2.75) is 58.7 Å². The first-order valence-electron chi connectivity index (χ1n) is 8.13. The average Bonchev–Trinajstić information content (AvgIpc) is 2.80. The third-order valence-electron chi connectivity index (χ3n) is 4.42. The molecule has 1 fully saturated rings. The Morgan fingerprint density at radius 1 is 1.48 bits per heavy atom. The molecule has 0 radical (unpaired) electrons. The highest BCUT2D eigenvalue weighted by molar-refractivity contribution is 5.21. The van der Waals surface area contributed by atoms with Crippen LogP contribution in [0, 0.1) is 6.92 Å². The molecule has 1 N–H and O–H groups in total. The van der Waals surface area contributed by atoms with Gasteiger partial charge in [0.1, 0.15) is 11.5 Å². The number of nitrogens with zero attached hydrogens (tertiary/aromatic N) is 1. The van der Waals surface area contributed by atoms with Gasteiger partial charge in [0.2, 0.25) is 0 Å². The van der Waals surface area contributed by atoms with Crippen molar-refractivity contribution < 1.29 is 9.15 Å². The Morgan fingerprint density at radius 3 is 3.00 bits per heavy atom. The van der Waals surface area contributed by atoms with E-state index in [1.165, 1.54) is 12.0 Å². The number of rotatable bonds is 7. The number of aryl methyl sites for hydroxylation is 1. The van der Waals surface area contributed by atoms with Crippen LogP contribution in [0.2, 0.25) is 0 Å². The Labute approximate surface area is 128 Å². The monoisotopic (exact) mass is 294 g/mol. The fourth-order valence-corrected chi connectivity index (χ4v) is 3.07. The topological polar surface area (TPSA) is 37.6 Å². The van der Waals surface area contributed by atoms with Gasteiger partial charge in [-0.15, -0.1) is 0 Å². The lowest BCUT2D eigenvalue weighted by Crippen LogP contribution is -2.46. The minimum Gasteiger partial charge on any atom is -0.465 e. The number of furan rings is 1. The predicted octanol–water partition coefficient (Wildman–Crippen LogP) is 3.09. The fourth-order valence-electron chi connectivity index (χ4n) is 3.07. The smallest absolute Gasteiger partial charge is 0.118 e. The van der Waals surface area contributed by atoms with Crippen LogP contribution in [-0.4, -0.2) is 37.2 Å². The molecule has 1 aromatic rings. The Morgan fingerprint density at radius 2 is 2.29 bits per heavy atom. The van der Waals surface area contributed by atoms with Gasteiger partial charge in [-0.2, -0.15) is 0 Å². The second-order valence-corrected chi connectivity index (χ2v) is 6.44. The maximum atomic E-state index is 5.86. The Kier molecular flexibility index (Phi) is 5.85. The molecule has 0 aliphatic carbocycles. The van der Waals surface area contributed by atoms with Crippen molar-refractivity contribution in [2.24, 2.45) is 0 Å². The van der Waals surface area contributed by atoms with E-state index in [1.807, 2.05) is 7.11 Å². The van der Waals surface area contributed by atoms with Gasteiger partial charge < -0.3 is 14.5 Å². The molecular weight excluding hydrogens is 264 g/mol. The Bertz CT molecular complexity index is 444. The maximum Gasteiger partial charge on any atom is 0.118 e. The first-order chi connectivity index (χ1) is 10.1. The third-order valence-corrected chi connectivity index (χ3v) is 4.42. The third kappa shape index (κ3) is 4.56. The van der Waals surface area contributed by atoms with Crippen LogP contribution in [0.1, 0.15) is 50.2 Å². The van der Waals surface area contributed by atoms with Gasteiger partial charge in [-0.25, -0.2) is 0 Å². The van der Waals surface area contributed by atoms with E-state index < -0.39 is 0 Å². The summed E-state index contributed by atoms with van der Waals surface area (Å²) in [6.07, 6.45) is 3.50. The average molecular weight is 294 g/mol. The maximum absolute atomic E-state index is 5.86. The van der Waals surface area contributed by atoms with Crippen LogP contribution < -0.4 is 5.32 Å². The van der Waals surface area contributed by atoms with Crippen molar-refractivity contribution in [1.82, 2.24) is 10.2 Å². The van der Waals surface area contributed by atoms with E-state index in [0.29, 0.717) is 0 Å². The van der Waals surface area contributed by atoms with Crippen molar-refractivity contribution in [3.8, 4) is 0 Å². The second-order valence-electron chi connectivity index (χ2n) is 6.44. The summed E-state index contributed by atoms with van der Waals surface area (Å²) in [6, 6.07) is 2.21. The van der Waals surface area contributed by atoms with E-state index in [2.05, 4.69) is 37.1 Å². The Hall–Kier alpha value is -0.840. The normalized spacial score (nSPS) is 23.6. The molecule has 1 aromatic heterocycles. The van der Waals surface area contributed by atoms with Crippen LogP contribution in [0.15, 0.2) is 10.5 Å². The molecule has 0 amide bonds. The molecule has 4 heteroatoms. The zero-order chi connectivity index (χ0) is 15.3. The summed E-state index contributed by atoms with van der Waals surface area (Å²) < 4.78 is 11.5. The molecule has 1 saturated heterocycles.